The fourth-order valence-electron chi connectivity index (χ4n) is 3.05. The second-order valence-electron chi connectivity index (χ2n) is 6.98. The van der Waals surface area contributed by atoms with Crippen LogP contribution in [-0.2, 0) is 4.79 Å². The van der Waals surface area contributed by atoms with E-state index in [-0.39, 0.29) is 22.1 Å². The molecular formula is C24H16ClN3O6S. The lowest BCUT2D eigenvalue weighted by molar-refractivity contribution is -0.385. The maximum absolute atomic E-state index is 12.8. The summed E-state index contributed by atoms with van der Waals surface area (Å²) in [6.07, 6.45) is 1.30. The van der Waals surface area contributed by atoms with E-state index in [9.17, 15) is 19.7 Å². The number of carbonyl (C=O) groups excluding carboxylic acids is 2. The first-order valence-corrected chi connectivity index (χ1v) is 11.3. The van der Waals surface area contributed by atoms with E-state index in [1.807, 2.05) is 24.3 Å². The molecule has 176 valence electrons. The molecule has 0 fully saturated rings. The molecule has 1 N–H and O–H groups in total. The number of esters is 1. The van der Waals surface area contributed by atoms with Crippen molar-refractivity contribution in [2.75, 3.05) is 6.61 Å². The van der Waals surface area contributed by atoms with Crippen molar-refractivity contribution in [2.45, 2.75) is 0 Å². The molecule has 0 saturated heterocycles. The monoisotopic (exact) mass is 509 g/mol. The molecule has 1 heterocycles. The number of hydrogen-bond donors (Lipinski definition) is 1. The summed E-state index contributed by atoms with van der Waals surface area (Å²) in [7, 11) is 0. The van der Waals surface area contributed by atoms with E-state index in [2.05, 4.69) is 10.5 Å². The molecule has 0 bridgehead atoms. The van der Waals surface area contributed by atoms with E-state index in [0.29, 0.717) is 10.6 Å². The van der Waals surface area contributed by atoms with Crippen molar-refractivity contribution in [1.29, 1.82) is 0 Å². The van der Waals surface area contributed by atoms with Crippen LogP contribution in [0.1, 0.15) is 15.2 Å². The van der Waals surface area contributed by atoms with Crippen LogP contribution in [0.5, 0.6) is 11.5 Å². The van der Waals surface area contributed by atoms with Crippen LogP contribution in [0.2, 0.25) is 5.02 Å². The molecule has 1 amide bonds. The van der Waals surface area contributed by atoms with E-state index in [0.717, 1.165) is 10.1 Å². The minimum Gasteiger partial charge on any atom is -0.477 e. The number of nitro groups is 1. The normalized spacial score (nSPS) is 10.9. The summed E-state index contributed by atoms with van der Waals surface area (Å²) in [6.45, 7) is -0.483. The Hall–Kier alpha value is -4.28. The lowest BCUT2D eigenvalue weighted by Crippen LogP contribution is -2.24. The Kier molecular flexibility index (Phi) is 7.34. The zero-order valence-corrected chi connectivity index (χ0v) is 19.4. The van der Waals surface area contributed by atoms with Crippen molar-refractivity contribution in [1.82, 2.24) is 5.43 Å². The van der Waals surface area contributed by atoms with Gasteiger partial charge < -0.3 is 9.47 Å². The molecule has 1 aromatic heterocycles. The molecule has 0 unspecified atom stereocenters. The number of fused-ring (bicyclic) bond motifs is 1. The number of hydrogen-bond acceptors (Lipinski definition) is 8. The summed E-state index contributed by atoms with van der Waals surface area (Å²) >= 11 is 7.60. The highest BCUT2D eigenvalue weighted by Gasteiger charge is 2.20. The number of benzene rings is 3. The third kappa shape index (κ3) is 5.62. The van der Waals surface area contributed by atoms with Crippen molar-refractivity contribution < 1.29 is 24.0 Å². The largest absolute Gasteiger partial charge is 0.477 e. The molecule has 0 spiro atoms. The molecule has 9 nitrogen and oxygen atoms in total. The number of rotatable bonds is 8. The van der Waals surface area contributed by atoms with Crippen LogP contribution in [0.25, 0.3) is 10.1 Å². The quantitative estimate of drug-likeness (QED) is 0.114. The van der Waals surface area contributed by atoms with Crippen LogP contribution < -0.4 is 14.9 Å². The number of halogens is 1. The Bertz CT molecular complexity index is 1450. The second kappa shape index (κ2) is 10.8. The molecular weight excluding hydrogens is 494 g/mol. The highest BCUT2D eigenvalue weighted by molar-refractivity contribution is 7.21. The summed E-state index contributed by atoms with van der Waals surface area (Å²) in [6, 6.07) is 19.7. The van der Waals surface area contributed by atoms with Gasteiger partial charge in [-0.15, -0.1) is 11.3 Å². The van der Waals surface area contributed by atoms with E-state index < -0.39 is 23.4 Å². The van der Waals surface area contributed by atoms with Gasteiger partial charge in [-0.1, -0.05) is 54.1 Å². The molecule has 11 heteroatoms. The number of nitrogens with zero attached hydrogens (tertiary/aromatic N) is 2. The Morgan fingerprint density at radius 1 is 1.03 bits per heavy atom. The number of nitro benzene ring substituents is 1. The summed E-state index contributed by atoms with van der Waals surface area (Å²) in [5.41, 5.74) is 2.44. The number of amides is 1. The average Bonchev–Trinajstić information content (AvgIpc) is 3.20. The molecule has 0 radical (unpaired) electrons. The molecule has 35 heavy (non-hydrogen) atoms. The lowest BCUT2D eigenvalue weighted by Gasteiger charge is -2.07. The second-order valence-corrected chi connectivity index (χ2v) is 8.41. The summed E-state index contributed by atoms with van der Waals surface area (Å²) in [5.74, 6) is -1.06. The Labute approximate surface area is 207 Å². The average molecular weight is 510 g/mol. The third-order valence-electron chi connectivity index (χ3n) is 4.66. The van der Waals surface area contributed by atoms with Crippen LogP contribution in [0.4, 0.5) is 5.69 Å². The zero-order chi connectivity index (χ0) is 24.8. The van der Waals surface area contributed by atoms with Crippen LogP contribution >= 0.6 is 22.9 Å². The van der Waals surface area contributed by atoms with Gasteiger partial charge >= 0.3 is 11.7 Å². The first-order chi connectivity index (χ1) is 16.9. The predicted molar refractivity (Wildman–Crippen MR) is 133 cm³/mol. The standard InChI is InChI=1S/C24H16ClN3O6S/c25-22-16-8-2-6-12-20(16)35-23(22)24(30)34-18-10-4-1-7-15(18)13-26-27-21(29)14-33-19-11-5-3-9-17(19)28(31)32/h1-13H,14H2,(H,27,29)/b26-13-. The van der Waals surface area contributed by atoms with Gasteiger partial charge in [-0.3, -0.25) is 14.9 Å². The maximum Gasteiger partial charge on any atom is 0.355 e. The van der Waals surface area contributed by atoms with Crippen LogP contribution in [-0.4, -0.2) is 29.6 Å². The number of hydrazone groups is 1. The van der Waals surface area contributed by atoms with Crippen molar-refractivity contribution >= 4 is 56.8 Å². The van der Waals surface area contributed by atoms with E-state index in [4.69, 9.17) is 21.1 Å². The smallest absolute Gasteiger partial charge is 0.355 e. The number of carbonyl (C=O) groups is 2. The Morgan fingerprint density at radius 2 is 1.71 bits per heavy atom. The van der Waals surface area contributed by atoms with Crippen molar-refractivity contribution in [3.05, 3.63) is 98.4 Å². The molecule has 0 saturated carbocycles. The van der Waals surface area contributed by atoms with E-state index in [1.165, 1.54) is 35.8 Å². The molecule has 0 aliphatic carbocycles. The van der Waals surface area contributed by atoms with Crippen LogP contribution in [0.15, 0.2) is 77.9 Å². The first kappa shape index (κ1) is 23.9. The predicted octanol–water partition coefficient (Wildman–Crippen LogP) is 5.21. The van der Waals surface area contributed by atoms with Gasteiger partial charge in [0.05, 0.1) is 16.2 Å². The number of nitrogens with one attached hydrogen (secondary N) is 1. The number of thiophene rings is 1. The minimum atomic E-state index is -0.633. The van der Waals surface area contributed by atoms with Gasteiger partial charge in [0.1, 0.15) is 10.6 Å². The molecule has 0 atom stereocenters. The third-order valence-corrected chi connectivity index (χ3v) is 6.31. The zero-order valence-electron chi connectivity index (χ0n) is 17.8. The topological polar surface area (TPSA) is 120 Å². The highest BCUT2D eigenvalue weighted by Crippen LogP contribution is 2.36. The van der Waals surface area contributed by atoms with Gasteiger partial charge in [0.25, 0.3) is 5.91 Å². The summed E-state index contributed by atoms with van der Waals surface area (Å²) in [4.78, 5) is 35.5. The molecule has 3 aromatic carbocycles. The first-order valence-electron chi connectivity index (χ1n) is 10.1. The maximum atomic E-state index is 12.8. The minimum absolute atomic E-state index is 0.0335. The fourth-order valence-corrected chi connectivity index (χ4v) is 4.44. The van der Waals surface area contributed by atoms with Crippen molar-refractivity contribution in [3.8, 4) is 11.5 Å². The van der Waals surface area contributed by atoms with Gasteiger partial charge in [0, 0.05) is 21.7 Å². The van der Waals surface area contributed by atoms with Gasteiger partial charge in [0.2, 0.25) is 0 Å². The number of para-hydroxylation sites is 3. The van der Waals surface area contributed by atoms with E-state index >= 15 is 0 Å². The van der Waals surface area contributed by atoms with Gasteiger partial charge in [-0.05, 0) is 24.3 Å². The lowest BCUT2D eigenvalue weighted by atomic mass is 10.2. The summed E-state index contributed by atoms with van der Waals surface area (Å²) < 4.78 is 11.6. The molecule has 0 aliphatic heterocycles. The van der Waals surface area contributed by atoms with Crippen LogP contribution in [0.3, 0.4) is 0 Å². The Morgan fingerprint density at radius 3 is 2.49 bits per heavy atom. The van der Waals surface area contributed by atoms with Crippen molar-refractivity contribution in [3.63, 3.8) is 0 Å². The molecule has 0 aliphatic rings. The number of ether oxygens (including phenoxy) is 2. The molecule has 4 aromatic rings. The van der Waals surface area contributed by atoms with E-state index in [1.54, 1.807) is 30.3 Å². The van der Waals surface area contributed by atoms with Gasteiger partial charge in [-0.2, -0.15) is 5.10 Å². The Balaban J connectivity index is 1.39. The summed E-state index contributed by atoms with van der Waals surface area (Å²) in [5, 5.41) is 16.0. The molecule has 4 rings (SSSR count). The van der Waals surface area contributed by atoms with Crippen LogP contribution in [0, 0.1) is 10.1 Å². The van der Waals surface area contributed by atoms with Crippen molar-refractivity contribution in [2.24, 2.45) is 5.10 Å². The SMILES string of the molecule is O=C(COc1ccccc1[N+](=O)[O-])N/N=C\c1ccccc1OC(=O)c1sc2ccccc2c1Cl. The van der Waals surface area contributed by atoms with Gasteiger partial charge in [-0.25, -0.2) is 10.2 Å². The fraction of sp³-hybridized carbons (Fsp3) is 0.0417. The van der Waals surface area contributed by atoms with Gasteiger partial charge in [0.15, 0.2) is 12.4 Å². The highest BCUT2D eigenvalue weighted by atomic mass is 35.5.